The van der Waals surface area contributed by atoms with Gasteiger partial charge in [0, 0.05) is 0 Å². The second-order valence-corrected chi connectivity index (χ2v) is 6.43. The fourth-order valence-electron chi connectivity index (χ4n) is 2.04. The van der Waals surface area contributed by atoms with E-state index in [1.807, 2.05) is 30.3 Å². The van der Waals surface area contributed by atoms with Gasteiger partial charge in [-0.15, -0.1) is 0 Å². The van der Waals surface area contributed by atoms with Crippen molar-refractivity contribution in [3.8, 4) is 5.75 Å². The van der Waals surface area contributed by atoms with Crippen molar-refractivity contribution in [1.82, 2.24) is 0 Å². The van der Waals surface area contributed by atoms with Crippen molar-refractivity contribution >= 4 is 16.0 Å². The number of carbonyl (C=O) groups excluding carboxylic acids is 1. The van der Waals surface area contributed by atoms with E-state index in [1.54, 1.807) is 6.92 Å². The number of benzene rings is 2. The Bertz CT molecular complexity index is 802. The molecule has 0 fully saturated rings. The molecule has 6 nitrogen and oxygen atoms in total. The maximum absolute atomic E-state index is 12.3. The van der Waals surface area contributed by atoms with Crippen molar-refractivity contribution in [2.24, 2.45) is 5.14 Å². The number of carbonyl (C=O) groups is 1. The quantitative estimate of drug-likeness (QED) is 0.846. The van der Waals surface area contributed by atoms with Gasteiger partial charge in [-0.3, -0.25) is 0 Å². The van der Waals surface area contributed by atoms with E-state index in [0.717, 1.165) is 11.6 Å². The van der Waals surface area contributed by atoms with Crippen molar-refractivity contribution in [3.63, 3.8) is 0 Å². The molecule has 0 amide bonds. The van der Waals surface area contributed by atoms with Crippen LogP contribution in [-0.2, 0) is 14.8 Å². The van der Waals surface area contributed by atoms with Crippen molar-refractivity contribution < 1.29 is 22.7 Å². The Morgan fingerprint density at radius 2 is 1.78 bits per heavy atom. The highest BCUT2D eigenvalue weighted by molar-refractivity contribution is 7.89. The summed E-state index contributed by atoms with van der Waals surface area (Å²) in [6.45, 7) is 1.73. The summed E-state index contributed by atoms with van der Waals surface area (Å²) in [6.07, 6.45) is -0.494. The van der Waals surface area contributed by atoms with E-state index in [4.69, 9.17) is 14.6 Å². The minimum Gasteiger partial charge on any atom is -0.496 e. The molecule has 0 saturated carbocycles. The monoisotopic (exact) mass is 335 g/mol. The molecular weight excluding hydrogens is 318 g/mol. The molecule has 0 heterocycles. The lowest BCUT2D eigenvalue weighted by Gasteiger charge is -2.15. The van der Waals surface area contributed by atoms with Crippen LogP contribution in [0.1, 0.15) is 28.9 Å². The van der Waals surface area contributed by atoms with Crippen LogP contribution in [0.3, 0.4) is 0 Å². The van der Waals surface area contributed by atoms with E-state index >= 15 is 0 Å². The summed E-state index contributed by atoms with van der Waals surface area (Å²) in [6, 6.07) is 13.0. The van der Waals surface area contributed by atoms with Crippen LogP contribution in [0.5, 0.6) is 5.75 Å². The number of esters is 1. The maximum Gasteiger partial charge on any atom is 0.342 e. The fourth-order valence-corrected chi connectivity index (χ4v) is 2.58. The van der Waals surface area contributed by atoms with Gasteiger partial charge >= 0.3 is 5.97 Å². The van der Waals surface area contributed by atoms with Gasteiger partial charge in [0.05, 0.1) is 12.0 Å². The Morgan fingerprint density at radius 3 is 2.35 bits per heavy atom. The van der Waals surface area contributed by atoms with Crippen LogP contribution in [0, 0.1) is 0 Å². The third kappa shape index (κ3) is 4.08. The normalized spacial score (nSPS) is 12.5. The number of sulfonamides is 1. The third-order valence-electron chi connectivity index (χ3n) is 3.27. The van der Waals surface area contributed by atoms with Crippen LogP contribution in [0.2, 0.25) is 0 Å². The molecule has 2 aromatic carbocycles. The topological polar surface area (TPSA) is 95.7 Å². The Hall–Kier alpha value is -2.38. The lowest BCUT2D eigenvalue weighted by atomic mass is 10.1. The number of hydrogen-bond acceptors (Lipinski definition) is 5. The molecule has 0 spiro atoms. The molecule has 1 atom stereocenters. The van der Waals surface area contributed by atoms with Gasteiger partial charge in [0.25, 0.3) is 0 Å². The van der Waals surface area contributed by atoms with Crippen molar-refractivity contribution in [2.45, 2.75) is 17.9 Å². The van der Waals surface area contributed by atoms with Gasteiger partial charge in [0.1, 0.15) is 17.4 Å². The molecule has 0 aliphatic carbocycles. The number of methoxy groups -OCH3 is 1. The van der Waals surface area contributed by atoms with Crippen molar-refractivity contribution in [3.05, 3.63) is 59.7 Å². The number of rotatable bonds is 5. The molecule has 7 heteroatoms. The molecule has 0 saturated heterocycles. The Balaban J connectivity index is 2.31. The molecule has 0 aliphatic rings. The summed E-state index contributed by atoms with van der Waals surface area (Å²) in [4.78, 5) is 12.2. The van der Waals surface area contributed by atoms with Gasteiger partial charge in [0.15, 0.2) is 0 Å². The highest BCUT2D eigenvalue weighted by Crippen LogP contribution is 2.25. The average molecular weight is 335 g/mol. The van der Waals surface area contributed by atoms with Crippen LogP contribution in [-0.4, -0.2) is 21.5 Å². The van der Waals surface area contributed by atoms with Crippen molar-refractivity contribution in [1.29, 1.82) is 0 Å². The SMILES string of the molecule is COc1ccc(S(N)(=O)=O)cc1C(=O)O[C@H](C)c1ccccc1. The van der Waals surface area contributed by atoms with Gasteiger partial charge < -0.3 is 9.47 Å². The molecule has 2 N–H and O–H groups in total. The highest BCUT2D eigenvalue weighted by Gasteiger charge is 2.20. The van der Waals surface area contributed by atoms with E-state index in [-0.39, 0.29) is 16.2 Å². The van der Waals surface area contributed by atoms with Crippen LogP contribution < -0.4 is 9.88 Å². The molecule has 23 heavy (non-hydrogen) atoms. The molecule has 0 aliphatic heterocycles. The summed E-state index contributed by atoms with van der Waals surface area (Å²) in [5.74, 6) is -0.480. The fraction of sp³-hybridized carbons (Fsp3) is 0.188. The van der Waals surface area contributed by atoms with Crippen molar-refractivity contribution in [2.75, 3.05) is 7.11 Å². The van der Waals surface area contributed by atoms with Crippen LogP contribution in [0.4, 0.5) is 0 Å². The minimum atomic E-state index is -3.93. The molecule has 2 aromatic rings. The number of nitrogens with two attached hydrogens (primary N) is 1. The smallest absolute Gasteiger partial charge is 0.342 e. The van der Waals surface area contributed by atoms with E-state index in [0.29, 0.717) is 0 Å². The Kier molecular flexibility index (Phi) is 5.02. The van der Waals surface area contributed by atoms with Gasteiger partial charge in [0.2, 0.25) is 10.0 Å². The summed E-state index contributed by atoms with van der Waals surface area (Å²) >= 11 is 0. The third-order valence-corrected chi connectivity index (χ3v) is 4.18. The zero-order valence-corrected chi connectivity index (χ0v) is 13.5. The molecular formula is C16H17NO5S. The van der Waals surface area contributed by atoms with Crippen LogP contribution >= 0.6 is 0 Å². The Labute approximate surface area is 134 Å². The summed E-state index contributed by atoms with van der Waals surface area (Å²) < 4.78 is 33.3. The summed E-state index contributed by atoms with van der Waals surface area (Å²) in [7, 11) is -2.55. The van der Waals surface area contributed by atoms with Gasteiger partial charge in [-0.1, -0.05) is 30.3 Å². The highest BCUT2D eigenvalue weighted by atomic mass is 32.2. The molecule has 0 aromatic heterocycles. The number of hydrogen-bond donors (Lipinski definition) is 1. The molecule has 0 radical (unpaired) electrons. The van der Waals surface area contributed by atoms with E-state index in [9.17, 15) is 13.2 Å². The molecule has 2 rings (SSSR count). The number of ether oxygens (including phenoxy) is 2. The first kappa shape index (κ1) is 17.0. The standard InChI is InChI=1S/C16H17NO5S/c1-11(12-6-4-3-5-7-12)22-16(18)14-10-13(23(17,19)20)8-9-15(14)21-2/h3-11H,1-2H3,(H2,17,19,20)/t11-/m1/s1. The first-order chi connectivity index (χ1) is 10.8. The predicted octanol–water partition coefficient (Wildman–Crippen LogP) is 2.26. The maximum atomic E-state index is 12.3. The zero-order chi connectivity index (χ0) is 17.0. The van der Waals surface area contributed by atoms with E-state index in [2.05, 4.69) is 0 Å². The second-order valence-electron chi connectivity index (χ2n) is 4.87. The molecule has 0 bridgehead atoms. The van der Waals surface area contributed by atoms with Gasteiger partial charge in [-0.2, -0.15) is 0 Å². The average Bonchev–Trinajstić information content (AvgIpc) is 2.54. The minimum absolute atomic E-state index is 0.00167. The first-order valence-corrected chi connectivity index (χ1v) is 8.34. The lowest BCUT2D eigenvalue weighted by molar-refractivity contribution is 0.0334. The largest absolute Gasteiger partial charge is 0.496 e. The number of primary sulfonamides is 1. The van der Waals surface area contributed by atoms with Crippen LogP contribution in [0.25, 0.3) is 0 Å². The predicted molar refractivity (Wildman–Crippen MR) is 84.6 cm³/mol. The second kappa shape index (κ2) is 6.80. The first-order valence-electron chi connectivity index (χ1n) is 6.79. The summed E-state index contributed by atoms with van der Waals surface area (Å²) in [5, 5.41) is 5.09. The zero-order valence-electron chi connectivity index (χ0n) is 12.7. The lowest BCUT2D eigenvalue weighted by Crippen LogP contribution is -2.15. The van der Waals surface area contributed by atoms with E-state index < -0.39 is 22.1 Å². The molecule has 122 valence electrons. The molecule has 0 unspecified atom stereocenters. The van der Waals surface area contributed by atoms with Gasteiger partial charge in [-0.25, -0.2) is 18.4 Å². The van der Waals surface area contributed by atoms with E-state index in [1.165, 1.54) is 19.2 Å². The van der Waals surface area contributed by atoms with Crippen LogP contribution in [0.15, 0.2) is 53.4 Å². The summed E-state index contributed by atoms with van der Waals surface area (Å²) in [5.41, 5.74) is 0.823. The van der Waals surface area contributed by atoms with Gasteiger partial charge in [-0.05, 0) is 30.7 Å². The Morgan fingerprint density at radius 1 is 1.13 bits per heavy atom.